The zero-order valence-corrected chi connectivity index (χ0v) is 10.7. The zero-order chi connectivity index (χ0) is 13.1. The summed E-state index contributed by atoms with van der Waals surface area (Å²) in [5.41, 5.74) is 0.562. The minimum absolute atomic E-state index is 0.0364. The number of aromatic nitrogens is 4. The van der Waals surface area contributed by atoms with Crippen LogP contribution >= 0.6 is 0 Å². The molecule has 1 saturated heterocycles. The Labute approximate surface area is 111 Å². The van der Waals surface area contributed by atoms with Crippen LogP contribution < -0.4 is 0 Å². The van der Waals surface area contributed by atoms with Crippen LogP contribution in [0, 0.1) is 0 Å². The van der Waals surface area contributed by atoms with E-state index in [9.17, 15) is 4.79 Å². The highest BCUT2D eigenvalue weighted by Gasteiger charge is 2.28. The summed E-state index contributed by atoms with van der Waals surface area (Å²) in [4.78, 5) is 21.2. The minimum Gasteiger partial charge on any atom is -0.341 e. The second-order valence-electron chi connectivity index (χ2n) is 4.84. The molecule has 2 aromatic rings. The summed E-state index contributed by atoms with van der Waals surface area (Å²) in [5, 5.41) is 4.23. The van der Waals surface area contributed by atoms with Gasteiger partial charge in [-0.15, -0.1) is 0 Å². The lowest BCUT2D eigenvalue weighted by molar-refractivity contribution is 0.0578. The number of hydrogen-bond acceptors (Lipinski definition) is 3. The fourth-order valence-electron chi connectivity index (χ4n) is 2.61. The van der Waals surface area contributed by atoms with E-state index in [1.54, 1.807) is 18.7 Å². The highest BCUT2D eigenvalue weighted by atomic mass is 16.2. The first-order valence-corrected chi connectivity index (χ1v) is 6.61. The van der Waals surface area contributed by atoms with Gasteiger partial charge in [0, 0.05) is 18.9 Å². The van der Waals surface area contributed by atoms with Gasteiger partial charge < -0.3 is 9.88 Å². The number of hydrogen-bond donors (Lipinski definition) is 1. The van der Waals surface area contributed by atoms with Gasteiger partial charge in [0.25, 0.3) is 5.91 Å². The zero-order valence-electron chi connectivity index (χ0n) is 10.7. The molecular formula is C13H17N5O. The fraction of sp³-hybridized carbons (Fsp3) is 0.462. The third-order valence-electron chi connectivity index (χ3n) is 3.57. The van der Waals surface area contributed by atoms with E-state index in [2.05, 4.69) is 15.1 Å². The van der Waals surface area contributed by atoms with Crippen LogP contribution in [0.2, 0.25) is 0 Å². The van der Waals surface area contributed by atoms with Crippen LogP contribution in [0.25, 0.3) is 0 Å². The Balaban J connectivity index is 1.75. The van der Waals surface area contributed by atoms with Gasteiger partial charge in [0.2, 0.25) is 0 Å². The number of imidazole rings is 1. The topological polar surface area (TPSA) is 66.8 Å². The highest BCUT2D eigenvalue weighted by Crippen LogP contribution is 2.20. The van der Waals surface area contributed by atoms with Gasteiger partial charge in [0.05, 0.1) is 25.1 Å². The molecule has 6 heteroatoms. The number of aromatic amines is 1. The predicted octanol–water partition coefficient (Wildman–Crippen LogP) is 1.30. The number of piperidine rings is 1. The van der Waals surface area contributed by atoms with E-state index in [0.717, 1.165) is 25.9 Å². The molecule has 1 atom stereocenters. The normalized spacial score (nSPS) is 19.6. The lowest BCUT2D eigenvalue weighted by atomic mass is 10.0. The lowest BCUT2D eigenvalue weighted by Gasteiger charge is -2.35. The summed E-state index contributed by atoms with van der Waals surface area (Å²) in [5.74, 6) is 0.0364. The molecule has 1 amide bonds. The van der Waals surface area contributed by atoms with E-state index in [1.165, 1.54) is 6.42 Å². The Bertz CT molecular complexity index is 519. The second kappa shape index (κ2) is 5.26. The monoisotopic (exact) mass is 259 g/mol. The third-order valence-corrected chi connectivity index (χ3v) is 3.57. The van der Waals surface area contributed by atoms with Crippen molar-refractivity contribution in [2.75, 3.05) is 6.54 Å². The molecule has 2 aromatic heterocycles. The van der Waals surface area contributed by atoms with E-state index in [-0.39, 0.29) is 11.9 Å². The molecule has 0 radical (unpaired) electrons. The van der Waals surface area contributed by atoms with Crippen molar-refractivity contribution in [2.24, 2.45) is 0 Å². The molecule has 3 heterocycles. The number of likely N-dealkylation sites (tertiary alicyclic amines) is 1. The Morgan fingerprint density at radius 3 is 3.16 bits per heavy atom. The molecule has 0 unspecified atom stereocenters. The number of H-pyrrole nitrogens is 1. The maximum atomic E-state index is 12.4. The first-order valence-electron chi connectivity index (χ1n) is 6.61. The Morgan fingerprint density at radius 2 is 2.42 bits per heavy atom. The van der Waals surface area contributed by atoms with Gasteiger partial charge in [-0.1, -0.05) is 0 Å². The summed E-state index contributed by atoms with van der Waals surface area (Å²) >= 11 is 0. The van der Waals surface area contributed by atoms with Gasteiger partial charge in [-0.3, -0.25) is 9.48 Å². The van der Waals surface area contributed by atoms with Crippen molar-refractivity contribution in [1.82, 2.24) is 24.6 Å². The standard InChI is InChI=1S/C13H17N5O/c19-13(12-8-14-10-15-12)18-7-2-1-4-11(18)9-17-6-3-5-16-17/h3,5-6,8,10-11H,1-2,4,7,9H2,(H,14,15)/t11-/m0/s1. The average Bonchev–Trinajstić information content (AvgIpc) is 3.11. The molecule has 3 rings (SSSR count). The molecule has 1 aliphatic rings. The maximum Gasteiger partial charge on any atom is 0.272 e. The smallest absolute Gasteiger partial charge is 0.272 e. The summed E-state index contributed by atoms with van der Waals surface area (Å²) in [6.45, 7) is 1.57. The van der Waals surface area contributed by atoms with Crippen LogP contribution in [0.1, 0.15) is 29.8 Å². The molecule has 0 bridgehead atoms. The van der Waals surface area contributed by atoms with E-state index in [1.807, 2.05) is 21.8 Å². The average molecular weight is 259 g/mol. The first-order chi connectivity index (χ1) is 9.34. The third kappa shape index (κ3) is 2.52. The number of amides is 1. The van der Waals surface area contributed by atoms with Gasteiger partial charge in [-0.25, -0.2) is 4.98 Å². The number of nitrogens with one attached hydrogen (secondary N) is 1. The van der Waals surface area contributed by atoms with Crippen LogP contribution in [0.15, 0.2) is 31.0 Å². The molecule has 1 aliphatic heterocycles. The number of carbonyl (C=O) groups excluding carboxylic acids is 1. The summed E-state index contributed by atoms with van der Waals surface area (Å²) < 4.78 is 1.89. The minimum atomic E-state index is 0.0364. The Hall–Kier alpha value is -2.11. The van der Waals surface area contributed by atoms with Crippen molar-refractivity contribution in [3.8, 4) is 0 Å². The van der Waals surface area contributed by atoms with Gasteiger partial charge in [0.1, 0.15) is 5.69 Å². The number of nitrogens with zero attached hydrogens (tertiary/aromatic N) is 4. The molecule has 100 valence electrons. The van der Waals surface area contributed by atoms with Crippen molar-refractivity contribution in [3.63, 3.8) is 0 Å². The van der Waals surface area contributed by atoms with E-state index in [0.29, 0.717) is 5.69 Å². The van der Waals surface area contributed by atoms with Gasteiger partial charge in [-0.05, 0) is 25.3 Å². The van der Waals surface area contributed by atoms with Crippen molar-refractivity contribution < 1.29 is 4.79 Å². The molecule has 1 N–H and O–H groups in total. The van der Waals surface area contributed by atoms with Gasteiger partial charge >= 0.3 is 0 Å². The van der Waals surface area contributed by atoms with E-state index >= 15 is 0 Å². The van der Waals surface area contributed by atoms with Gasteiger partial charge in [0.15, 0.2) is 0 Å². The molecule has 0 aromatic carbocycles. The molecule has 1 fully saturated rings. The molecule has 0 aliphatic carbocycles. The SMILES string of the molecule is O=C(c1cnc[nH]1)N1CCCC[C@H]1Cn1cccn1. The van der Waals surface area contributed by atoms with E-state index < -0.39 is 0 Å². The van der Waals surface area contributed by atoms with Crippen LogP contribution in [-0.2, 0) is 6.54 Å². The van der Waals surface area contributed by atoms with Crippen LogP contribution in [0.5, 0.6) is 0 Å². The maximum absolute atomic E-state index is 12.4. The quantitative estimate of drug-likeness (QED) is 0.903. The highest BCUT2D eigenvalue weighted by molar-refractivity contribution is 5.92. The first kappa shape index (κ1) is 12.0. The summed E-state index contributed by atoms with van der Waals surface area (Å²) in [7, 11) is 0. The number of carbonyl (C=O) groups is 1. The van der Waals surface area contributed by atoms with Crippen molar-refractivity contribution in [2.45, 2.75) is 31.8 Å². The fourth-order valence-corrected chi connectivity index (χ4v) is 2.61. The second-order valence-corrected chi connectivity index (χ2v) is 4.84. The van der Waals surface area contributed by atoms with Crippen LogP contribution in [0.4, 0.5) is 0 Å². The Morgan fingerprint density at radius 1 is 1.47 bits per heavy atom. The van der Waals surface area contributed by atoms with Crippen molar-refractivity contribution >= 4 is 5.91 Å². The van der Waals surface area contributed by atoms with Crippen molar-refractivity contribution in [3.05, 3.63) is 36.7 Å². The van der Waals surface area contributed by atoms with E-state index in [4.69, 9.17) is 0 Å². The summed E-state index contributed by atoms with van der Waals surface area (Å²) in [6, 6.07) is 2.12. The number of rotatable bonds is 3. The van der Waals surface area contributed by atoms with Crippen LogP contribution in [-0.4, -0.2) is 43.1 Å². The summed E-state index contributed by atoms with van der Waals surface area (Å²) in [6.07, 6.45) is 10.1. The molecule has 6 nitrogen and oxygen atoms in total. The Kier molecular flexibility index (Phi) is 3.31. The molecule has 0 spiro atoms. The molecular weight excluding hydrogens is 242 g/mol. The largest absolute Gasteiger partial charge is 0.341 e. The van der Waals surface area contributed by atoms with Crippen LogP contribution in [0.3, 0.4) is 0 Å². The predicted molar refractivity (Wildman–Crippen MR) is 69.5 cm³/mol. The molecule has 0 saturated carbocycles. The van der Waals surface area contributed by atoms with Gasteiger partial charge in [-0.2, -0.15) is 5.10 Å². The lowest BCUT2D eigenvalue weighted by Crippen LogP contribution is -2.46. The molecule has 19 heavy (non-hydrogen) atoms. The van der Waals surface area contributed by atoms with Crippen molar-refractivity contribution in [1.29, 1.82) is 0 Å².